The lowest BCUT2D eigenvalue weighted by atomic mass is 10.0. The maximum Gasteiger partial charge on any atom is 0.235 e. The third-order valence-corrected chi connectivity index (χ3v) is 5.94. The van der Waals surface area contributed by atoms with Crippen LogP contribution in [-0.4, -0.2) is 58.2 Å². The smallest absolute Gasteiger partial charge is 0.235 e. The molecule has 0 aromatic carbocycles. The van der Waals surface area contributed by atoms with Crippen molar-refractivity contribution in [3.05, 3.63) is 24.4 Å². The second-order valence-electron chi connectivity index (χ2n) is 6.60. The average molecular weight is 334 g/mol. The van der Waals surface area contributed by atoms with E-state index in [9.17, 15) is 4.79 Å². The van der Waals surface area contributed by atoms with Crippen molar-refractivity contribution in [2.45, 2.75) is 55.3 Å². The molecule has 3 heterocycles. The molecule has 0 radical (unpaired) electrons. The van der Waals surface area contributed by atoms with Crippen LogP contribution in [0.3, 0.4) is 0 Å². The molecule has 5 heteroatoms. The highest BCUT2D eigenvalue weighted by molar-refractivity contribution is 8.00. The minimum absolute atomic E-state index is 0.0648. The second-order valence-corrected chi connectivity index (χ2v) is 7.97. The highest BCUT2D eigenvalue weighted by Gasteiger charge is 2.30. The van der Waals surface area contributed by atoms with E-state index in [0.29, 0.717) is 6.04 Å². The summed E-state index contributed by atoms with van der Waals surface area (Å²) < 4.78 is 0. The van der Waals surface area contributed by atoms with E-state index >= 15 is 0 Å². The number of likely N-dealkylation sites (tertiary alicyclic amines) is 2. The largest absolute Gasteiger partial charge is 0.340 e. The number of amides is 1. The van der Waals surface area contributed by atoms with E-state index in [4.69, 9.17) is 0 Å². The van der Waals surface area contributed by atoms with Crippen molar-refractivity contribution in [3.63, 3.8) is 0 Å². The van der Waals surface area contributed by atoms with E-state index in [2.05, 4.69) is 14.8 Å². The Morgan fingerprint density at radius 1 is 1.22 bits per heavy atom. The van der Waals surface area contributed by atoms with E-state index in [1.165, 1.54) is 38.8 Å². The molecule has 1 aromatic heterocycles. The number of nitrogens with zero attached hydrogens (tertiary/aromatic N) is 3. The number of hydrogen-bond donors (Lipinski definition) is 0. The van der Waals surface area contributed by atoms with Crippen molar-refractivity contribution in [1.29, 1.82) is 0 Å². The number of hydrogen-bond acceptors (Lipinski definition) is 4. The van der Waals surface area contributed by atoms with Crippen LogP contribution in [0.15, 0.2) is 29.4 Å². The van der Waals surface area contributed by atoms with Gasteiger partial charge in [-0.3, -0.25) is 9.69 Å². The highest BCUT2D eigenvalue weighted by Crippen LogP contribution is 2.25. The van der Waals surface area contributed by atoms with Gasteiger partial charge in [0.1, 0.15) is 0 Å². The van der Waals surface area contributed by atoms with Gasteiger partial charge >= 0.3 is 0 Å². The van der Waals surface area contributed by atoms with Gasteiger partial charge in [0.25, 0.3) is 0 Å². The Balaban J connectivity index is 1.55. The first-order chi connectivity index (χ1) is 11.2. The van der Waals surface area contributed by atoms with Crippen LogP contribution in [0.1, 0.15) is 39.0 Å². The summed E-state index contributed by atoms with van der Waals surface area (Å²) in [6, 6.07) is 6.42. The molecule has 0 N–H and O–H groups in total. The van der Waals surface area contributed by atoms with Gasteiger partial charge in [-0.25, -0.2) is 4.98 Å². The number of thioether (sulfide) groups is 1. The zero-order valence-corrected chi connectivity index (χ0v) is 14.8. The van der Waals surface area contributed by atoms with Crippen LogP contribution in [0.4, 0.5) is 0 Å². The SMILES string of the molecule is C[C@@H](Sc1ccccn1)C(=O)N1CCC[C@H](N2CCCCC2)C1. The van der Waals surface area contributed by atoms with Crippen LogP contribution >= 0.6 is 11.8 Å². The standard InChI is InChI=1S/C18H27N3OS/c1-15(23-17-9-3-4-10-19-17)18(22)21-13-7-8-16(14-21)20-11-5-2-6-12-20/h3-4,9-10,15-16H,2,5-8,11-14H2,1H3/t15-,16+/m1/s1. The summed E-state index contributed by atoms with van der Waals surface area (Å²) in [5, 5.41) is 0.864. The first-order valence-electron chi connectivity index (χ1n) is 8.84. The number of rotatable bonds is 4. The molecule has 2 saturated heterocycles. The molecule has 23 heavy (non-hydrogen) atoms. The normalized spacial score (nSPS) is 24.4. The average Bonchev–Trinajstić information content (AvgIpc) is 2.63. The van der Waals surface area contributed by atoms with Gasteiger partial charge in [0.15, 0.2) is 0 Å². The van der Waals surface area contributed by atoms with Gasteiger partial charge in [-0.2, -0.15) is 0 Å². The third-order valence-electron chi connectivity index (χ3n) is 4.90. The summed E-state index contributed by atoms with van der Waals surface area (Å²) in [6.07, 6.45) is 8.16. The monoisotopic (exact) mass is 333 g/mol. The molecule has 2 atom stereocenters. The quantitative estimate of drug-likeness (QED) is 0.794. The Morgan fingerprint density at radius 3 is 2.78 bits per heavy atom. The fraction of sp³-hybridized carbons (Fsp3) is 0.667. The zero-order chi connectivity index (χ0) is 16.1. The molecule has 2 aliphatic rings. The predicted octanol–water partition coefficient (Wildman–Crippen LogP) is 3.04. The third kappa shape index (κ3) is 4.48. The van der Waals surface area contributed by atoms with Gasteiger partial charge in [-0.15, -0.1) is 0 Å². The second kappa shape index (κ2) is 8.15. The fourth-order valence-electron chi connectivity index (χ4n) is 3.64. The summed E-state index contributed by atoms with van der Waals surface area (Å²) in [5.41, 5.74) is 0. The Bertz CT molecular complexity index is 504. The number of aromatic nitrogens is 1. The number of carbonyl (C=O) groups is 1. The van der Waals surface area contributed by atoms with Gasteiger partial charge in [0.2, 0.25) is 5.91 Å². The summed E-state index contributed by atoms with van der Waals surface area (Å²) in [5.74, 6) is 0.266. The van der Waals surface area contributed by atoms with Crippen LogP contribution < -0.4 is 0 Å². The lowest BCUT2D eigenvalue weighted by molar-refractivity contribution is -0.132. The minimum atomic E-state index is -0.0648. The summed E-state index contributed by atoms with van der Waals surface area (Å²) in [4.78, 5) is 21.8. The van der Waals surface area contributed by atoms with Crippen molar-refractivity contribution in [3.8, 4) is 0 Å². The molecule has 2 aliphatic heterocycles. The van der Waals surface area contributed by atoms with Crippen LogP contribution in [-0.2, 0) is 4.79 Å². The Kier molecular flexibility index (Phi) is 5.95. The van der Waals surface area contributed by atoms with E-state index < -0.39 is 0 Å². The van der Waals surface area contributed by atoms with E-state index in [1.807, 2.05) is 25.1 Å². The van der Waals surface area contributed by atoms with Crippen molar-refractivity contribution >= 4 is 17.7 Å². The van der Waals surface area contributed by atoms with Crippen molar-refractivity contribution < 1.29 is 4.79 Å². The molecule has 2 fully saturated rings. The van der Waals surface area contributed by atoms with Crippen LogP contribution in [0.25, 0.3) is 0 Å². The minimum Gasteiger partial charge on any atom is -0.340 e. The Morgan fingerprint density at radius 2 is 2.04 bits per heavy atom. The first-order valence-corrected chi connectivity index (χ1v) is 9.72. The molecular weight excluding hydrogens is 306 g/mol. The number of carbonyl (C=O) groups excluding carboxylic acids is 1. The molecule has 1 aromatic rings. The van der Waals surface area contributed by atoms with Gasteiger partial charge in [0.05, 0.1) is 10.3 Å². The predicted molar refractivity (Wildman–Crippen MR) is 94.6 cm³/mol. The maximum absolute atomic E-state index is 12.8. The molecular formula is C18H27N3OS. The summed E-state index contributed by atoms with van der Waals surface area (Å²) in [7, 11) is 0. The molecule has 0 spiro atoms. The van der Waals surface area contributed by atoms with E-state index in [-0.39, 0.29) is 11.2 Å². The molecule has 3 rings (SSSR count). The molecule has 0 bridgehead atoms. The van der Waals surface area contributed by atoms with Crippen LogP contribution in [0, 0.1) is 0 Å². The van der Waals surface area contributed by atoms with E-state index in [0.717, 1.165) is 24.5 Å². The molecule has 0 unspecified atom stereocenters. The van der Waals surface area contributed by atoms with Crippen molar-refractivity contribution in [1.82, 2.24) is 14.8 Å². The Labute approximate surface area is 143 Å². The van der Waals surface area contributed by atoms with Gasteiger partial charge < -0.3 is 4.90 Å². The molecule has 126 valence electrons. The molecule has 4 nitrogen and oxygen atoms in total. The number of pyridine rings is 1. The van der Waals surface area contributed by atoms with Crippen LogP contribution in [0.2, 0.25) is 0 Å². The lowest BCUT2D eigenvalue weighted by Crippen LogP contribution is -2.52. The number of piperidine rings is 2. The first kappa shape index (κ1) is 16.8. The molecule has 0 saturated carbocycles. The maximum atomic E-state index is 12.8. The zero-order valence-electron chi connectivity index (χ0n) is 14.0. The van der Waals surface area contributed by atoms with Crippen molar-refractivity contribution in [2.75, 3.05) is 26.2 Å². The molecule has 0 aliphatic carbocycles. The summed E-state index contributed by atoms with van der Waals surface area (Å²) >= 11 is 1.57. The van der Waals surface area contributed by atoms with Crippen LogP contribution in [0.5, 0.6) is 0 Å². The van der Waals surface area contributed by atoms with Gasteiger partial charge in [0, 0.05) is 25.3 Å². The lowest BCUT2D eigenvalue weighted by Gasteiger charge is -2.41. The van der Waals surface area contributed by atoms with Gasteiger partial charge in [-0.1, -0.05) is 24.2 Å². The topological polar surface area (TPSA) is 36.4 Å². The van der Waals surface area contributed by atoms with Crippen molar-refractivity contribution in [2.24, 2.45) is 0 Å². The van der Waals surface area contributed by atoms with E-state index in [1.54, 1.807) is 18.0 Å². The Hall–Kier alpha value is -1.07. The summed E-state index contributed by atoms with van der Waals surface area (Å²) in [6.45, 7) is 6.25. The van der Waals surface area contributed by atoms with Gasteiger partial charge in [-0.05, 0) is 57.8 Å². The fourth-order valence-corrected chi connectivity index (χ4v) is 4.53. The molecule has 1 amide bonds. The highest BCUT2D eigenvalue weighted by atomic mass is 32.2.